The van der Waals surface area contributed by atoms with Crippen LogP contribution in [-0.2, 0) is 27.9 Å². The summed E-state index contributed by atoms with van der Waals surface area (Å²) in [5.41, 5.74) is 0.777. The standard InChI is InChI=1S/C21H26F2N6O4S/c1-26-10-14(25-13-26)11-28-4-3-27(5-6-32-28)19-17(22)7-15(8-18(19)23)29-12-16(33-21(29)30)9-24-20(34)31-2/h7-8,10,13,16H,3-6,9,11-12H2,1-2H3,(H,24,34)/t16-/m0/s1. The Morgan fingerprint density at radius 2 is 2.06 bits per heavy atom. The summed E-state index contributed by atoms with van der Waals surface area (Å²) in [4.78, 5) is 25.1. The molecular weight excluding hydrogens is 470 g/mol. The minimum atomic E-state index is -0.761. The van der Waals surface area contributed by atoms with Gasteiger partial charge in [-0.25, -0.2) is 18.6 Å². The maximum atomic E-state index is 15.1. The first-order valence-electron chi connectivity index (χ1n) is 10.7. The summed E-state index contributed by atoms with van der Waals surface area (Å²) >= 11 is 4.90. The second-order valence-corrected chi connectivity index (χ2v) is 8.33. The summed E-state index contributed by atoms with van der Waals surface area (Å²) in [6.07, 6.45) is 2.36. The van der Waals surface area contributed by atoms with Crippen molar-refractivity contribution in [1.29, 1.82) is 0 Å². The molecule has 1 aromatic carbocycles. The van der Waals surface area contributed by atoms with Crippen LogP contribution in [0.5, 0.6) is 0 Å². The lowest BCUT2D eigenvalue weighted by atomic mass is 10.2. The number of ether oxygens (including phenoxy) is 2. The number of rotatable bonds is 6. The first kappa shape index (κ1) is 24.1. The van der Waals surface area contributed by atoms with Crippen molar-refractivity contribution in [1.82, 2.24) is 19.9 Å². The van der Waals surface area contributed by atoms with Crippen LogP contribution >= 0.6 is 12.2 Å². The van der Waals surface area contributed by atoms with Crippen molar-refractivity contribution < 1.29 is 27.9 Å². The van der Waals surface area contributed by atoms with Crippen molar-refractivity contribution in [2.75, 3.05) is 56.2 Å². The van der Waals surface area contributed by atoms with Gasteiger partial charge in [-0.05, 0) is 12.2 Å². The van der Waals surface area contributed by atoms with Crippen LogP contribution in [0.4, 0.5) is 25.0 Å². The number of nitrogens with zero attached hydrogens (tertiary/aromatic N) is 5. The lowest BCUT2D eigenvalue weighted by molar-refractivity contribution is -0.155. The van der Waals surface area contributed by atoms with E-state index in [-0.39, 0.29) is 36.2 Å². The zero-order valence-electron chi connectivity index (χ0n) is 18.9. The van der Waals surface area contributed by atoms with E-state index in [1.54, 1.807) is 16.3 Å². The molecule has 2 fully saturated rings. The van der Waals surface area contributed by atoms with E-state index in [0.29, 0.717) is 26.2 Å². The van der Waals surface area contributed by atoms with Crippen LogP contribution in [0.3, 0.4) is 0 Å². The molecule has 4 rings (SSSR count). The molecule has 2 aliphatic heterocycles. The van der Waals surface area contributed by atoms with Gasteiger partial charge in [0.05, 0.1) is 51.1 Å². The normalized spacial score (nSPS) is 19.2. The molecule has 184 valence electrons. The van der Waals surface area contributed by atoms with Gasteiger partial charge in [0.15, 0.2) is 11.6 Å². The van der Waals surface area contributed by atoms with Crippen LogP contribution in [0, 0.1) is 11.6 Å². The van der Waals surface area contributed by atoms with Crippen molar-refractivity contribution in [3.63, 3.8) is 0 Å². The zero-order valence-corrected chi connectivity index (χ0v) is 19.7. The summed E-state index contributed by atoms with van der Waals surface area (Å²) in [6.45, 7) is 2.19. The quantitative estimate of drug-likeness (QED) is 0.602. The highest BCUT2D eigenvalue weighted by Gasteiger charge is 2.34. The summed E-state index contributed by atoms with van der Waals surface area (Å²) in [6, 6.07) is 2.29. The number of hydroxylamine groups is 2. The largest absolute Gasteiger partial charge is 0.474 e. The van der Waals surface area contributed by atoms with E-state index in [1.165, 1.54) is 12.0 Å². The van der Waals surface area contributed by atoms with Gasteiger partial charge < -0.3 is 24.3 Å². The van der Waals surface area contributed by atoms with E-state index in [2.05, 4.69) is 10.3 Å². The predicted molar refractivity (Wildman–Crippen MR) is 123 cm³/mol. The van der Waals surface area contributed by atoms with E-state index in [1.807, 2.05) is 17.8 Å². The molecule has 13 heteroatoms. The second-order valence-electron chi connectivity index (χ2n) is 7.96. The van der Waals surface area contributed by atoms with E-state index >= 15 is 8.78 Å². The fourth-order valence-corrected chi connectivity index (χ4v) is 3.97. The first-order valence-corrected chi connectivity index (χ1v) is 11.1. The van der Waals surface area contributed by atoms with Crippen LogP contribution < -0.4 is 15.1 Å². The minimum absolute atomic E-state index is 0.0865. The van der Waals surface area contributed by atoms with Crippen LogP contribution in [0.2, 0.25) is 0 Å². The third kappa shape index (κ3) is 5.54. The predicted octanol–water partition coefficient (Wildman–Crippen LogP) is 1.80. The molecule has 2 aliphatic rings. The average Bonchev–Trinajstić information content (AvgIpc) is 3.30. The molecule has 1 N–H and O–H groups in total. The van der Waals surface area contributed by atoms with Crippen LogP contribution in [-0.4, -0.2) is 78.4 Å². The monoisotopic (exact) mass is 496 g/mol. The number of carbonyl (C=O) groups excluding carboxylic acids is 1. The minimum Gasteiger partial charge on any atom is -0.474 e. The number of aryl methyl sites for hydroxylation is 1. The molecule has 0 spiro atoms. The molecule has 1 aromatic heterocycles. The molecule has 0 unspecified atom stereocenters. The molecule has 10 nitrogen and oxygen atoms in total. The summed E-state index contributed by atoms with van der Waals surface area (Å²) < 4.78 is 42.1. The number of hydrogen-bond acceptors (Lipinski definition) is 8. The Morgan fingerprint density at radius 3 is 2.74 bits per heavy atom. The van der Waals surface area contributed by atoms with Crippen LogP contribution in [0.1, 0.15) is 5.69 Å². The fraction of sp³-hybridized carbons (Fsp3) is 0.476. The number of imidazole rings is 1. The van der Waals surface area contributed by atoms with E-state index < -0.39 is 23.8 Å². The highest BCUT2D eigenvalue weighted by Crippen LogP contribution is 2.31. The van der Waals surface area contributed by atoms with E-state index in [0.717, 1.165) is 17.8 Å². The number of nitrogens with one attached hydrogen (secondary N) is 1. The van der Waals surface area contributed by atoms with Gasteiger partial charge in [-0.2, -0.15) is 5.06 Å². The maximum absolute atomic E-state index is 15.1. The van der Waals surface area contributed by atoms with Gasteiger partial charge in [-0.3, -0.25) is 9.74 Å². The summed E-state index contributed by atoms with van der Waals surface area (Å²) in [5.74, 6) is -1.52. The van der Waals surface area contributed by atoms with Crippen molar-refractivity contribution >= 4 is 34.9 Å². The fourth-order valence-electron chi connectivity index (χ4n) is 3.88. The Hall–Kier alpha value is -3.03. The Labute approximate surface area is 200 Å². The smallest absolute Gasteiger partial charge is 0.414 e. The third-order valence-electron chi connectivity index (χ3n) is 5.51. The van der Waals surface area contributed by atoms with Crippen molar-refractivity contribution in [2.45, 2.75) is 12.6 Å². The molecular formula is C21H26F2N6O4S. The Morgan fingerprint density at radius 1 is 1.29 bits per heavy atom. The van der Waals surface area contributed by atoms with Gasteiger partial charge in [0.25, 0.3) is 5.17 Å². The zero-order chi connectivity index (χ0) is 24.2. The molecule has 0 radical (unpaired) electrons. The number of amides is 1. The number of aromatic nitrogens is 2. The average molecular weight is 497 g/mol. The van der Waals surface area contributed by atoms with E-state index in [4.69, 9.17) is 26.5 Å². The Balaban J connectivity index is 1.41. The number of thiocarbonyl (C=S) groups is 1. The van der Waals surface area contributed by atoms with Crippen molar-refractivity contribution in [3.05, 3.63) is 42.0 Å². The maximum Gasteiger partial charge on any atom is 0.414 e. The lowest BCUT2D eigenvalue weighted by Gasteiger charge is -2.24. The number of cyclic esters (lactones) is 1. The van der Waals surface area contributed by atoms with Crippen LogP contribution in [0.25, 0.3) is 0 Å². The van der Waals surface area contributed by atoms with Gasteiger partial charge >= 0.3 is 6.09 Å². The van der Waals surface area contributed by atoms with Gasteiger partial charge in [0.2, 0.25) is 0 Å². The summed E-state index contributed by atoms with van der Waals surface area (Å²) in [7, 11) is 3.30. The van der Waals surface area contributed by atoms with Crippen LogP contribution in [0.15, 0.2) is 24.7 Å². The third-order valence-corrected chi connectivity index (χ3v) is 5.83. The number of halogens is 2. The SMILES string of the molecule is COC(=S)NC[C@H]1CN(c2cc(F)c(N3CCON(Cc4cn(C)cn4)CC3)c(F)c2)C(=O)O1. The number of hydrogen-bond donors (Lipinski definition) is 1. The summed E-state index contributed by atoms with van der Waals surface area (Å²) in [5, 5.41) is 4.69. The molecule has 1 amide bonds. The molecule has 2 aromatic rings. The van der Waals surface area contributed by atoms with Crippen molar-refractivity contribution in [2.24, 2.45) is 7.05 Å². The van der Waals surface area contributed by atoms with Gasteiger partial charge in [-0.15, -0.1) is 0 Å². The van der Waals surface area contributed by atoms with E-state index in [9.17, 15) is 4.79 Å². The van der Waals surface area contributed by atoms with Gasteiger partial charge in [0.1, 0.15) is 11.8 Å². The molecule has 34 heavy (non-hydrogen) atoms. The number of carbonyl (C=O) groups is 1. The highest BCUT2D eigenvalue weighted by molar-refractivity contribution is 7.80. The Kier molecular flexibility index (Phi) is 7.44. The lowest BCUT2D eigenvalue weighted by Crippen LogP contribution is -2.34. The molecule has 1 atom stereocenters. The number of methoxy groups -OCH3 is 1. The number of anilines is 2. The molecule has 0 aliphatic carbocycles. The highest BCUT2D eigenvalue weighted by atomic mass is 32.1. The first-order chi connectivity index (χ1) is 16.3. The van der Waals surface area contributed by atoms with Crippen molar-refractivity contribution in [3.8, 4) is 0 Å². The molecule has 0 bridgehead atoms. The second kappa shape index (κ2) is 10.5. The molecule has 2 saturated heterocycles. The molecule has 0 saturated carbocycles. The van der Waals surface area contributed by atoms with Gasteiger partial charge in [-0.1, -0.05) is 0 Å². The molecule has 3 heterocycles. The Bertz CT molecular complexity index is 1030. The topological polar surface area (TPSA) is 84.3 Å². The number of benzene rings is 1. The van der Waals surface area contributed by atoms with Gasteiger partial charge in [0, 0.05) is 45.0 Å².